The van der Waals surface area contributed by atoms with Crippen LogP contribution >= 0.6 is 11.6 Å². The van der Waals surface area contributed by atoms with Crippen molar-refractivity contribution in [3.05, 3.63) is 52.3 Å². The van der Waals surface area contributed by atoms with E-state index in [4.69, 9.17) is 16.3 Å². The van der Waals surface area contributed by atoms with Crippen LogP contribution in [0, 0.1) is 0 Å². The monoisotopic (exact) mass is 343 g/mol. The molecule has 2 heterocycles. The molecule has 1 aromatic carbocycles. The van der Waals surface area contributed by atoms with Gasteiger partial charge in [-0.1, -0.05) is 29.8 Å². The molecule has 1 fully saturated rings. The minimum absolute atomic E-state index is 0.0354. The Labute approximate surface area is 145 Å². The number of benzene rings is 1. The van der Waals surface area contributed by atoms with Crippen LogP contribution in [0.25, 0.3) is 0 Å². The van der Waals surface area contributed by atoms with Crippen LogP contribution in [0.5, 0.6) is 0 Å². The molecule has 1 aliphatic carbocycles. The minimum Gasteiger partial charge on any atom is -0.455 e. The maximum atomic E-state index is 12.2. The number of esters is 1. The maximum Gasteiger partial charge on any atom is 0.338 e. The Balaban J connectivity index is 1.44. The Morgan fingerprint density at radius 3 is 2.79 bits per heavy atom. The van der Waals surface area contributed by atoms with Gasteiger partial charge in [0.1, 0.15) is 11.3 Å². The number of fused-ring (bicyclic) bond motifs is 1. The molecular formula is C18H18ClN3O2. The molecule has 2 aromatic rings. The summed E-state index contributed by atoms with van der Waals surface area (Å²) >= 11 is 6.29. The lowest BCUT2D eigenvalue weighted by atomic mass is 10.0. The lowest BCUT2D eigenvalue weighted by Gasteiger charge is -2.45. The van der Waals surface area contributed by atoms with Crippen molar-refractivity contribution in [3.63, 3.8) is 0 Å². The largest absolute Gasteiger partial charge is 0.455 e. The number of rotatable bonds is 3. The number of hydrogen-bond donors (Lipinski definition) is 0. The fourth-order valence-electron chi connectivity index (χ4n) is 3.26. The van der Waals surface area contributed by atoms with Gasteiger partial charge < -0.3 is 9.64 Å². The van der Waals surface area contributed by atoms with Crippen molar-refractivity contribution in [1.29, 1.82) is 0 Å². The predicted molar refractivity (Wildman–Crippen MR) is 91.5 cm³/mol. The third-order valence-electron chi connectivity index (χ3n) is 4.80. The number of halogens is 1. The summed E-state index contributed by atoms with van der Waals surface area (Å²) in [6.45, 7) is 2.60. The van der Waals surface area contributed by atoms with Crippen LogP contribution < -0.4 is 4.90 Å². The highest BCUT2D eigenvalue weighted by Crippen LogP contribution is 2.32. The Bertz CT molecular complexity index is 781. The van der Waals surface area contributed by atoms with E-state index in [0.717, 1.165) is 30.5 Å². The van der Waals surface area contributed by atoms with Crippen LogP contribution in [-0.4, -0.2) is 34.6 Å². The highest BCUT2D eigenvalue weighted by molar-refractivity contribution is 6.30. The zero-order valence-corrected chi connectivity index (χ0v) is 14.2. The molecule has 1 aliphatic heterocycles. The van der Waals surface area contributed by atoms with Crippen LogP contribution in [0.15, 0.2) is 30.3 Å². The highest BCUT2D eigenvalue weighted by Gasteiger charge is 2.40. The molecule has 0 saturated carbocycles. The lowest BCUT2D eigenvalue weighted by Crippen LogP contribution is -2.61. The second kappa shape index (κ2) is 6.06. The van der Waals surface area contributed by atoms with E-state index < -0.39 is 0 Å². The summed E-state index contributed by atoms with van der Waals surface area (Å²) in [5, 5.41) is 0.560. The zero-order chi connectivity index (χ0) is 16.7. The summed E-state index contributed by atoms with van der Waals surface area (Å²) < 4.78 is 5.59. The van der Waals surface area contributed by atoms with E-state index in [9.17, 15) is 4.79 Å². The summed E-state index contributed by atoms with van der Waals surface area (Å²) in [5.41, 5.74) is 2.71. The highest BCUT2D eigenvalue weighted by atomic mass is 35.5. The van der Waals surface area contributed by atoms with Crippen LogP contribution in [0.4, 0.5) is 5.95 Å². The van der Waals surface area contributed by atoms with Gasteiger partial charge in [0.15, 0.2) is 0 Å². The van der Waals surface area contributed by atoms with Gasteiger partial charge in [-0.05, 0) is 38.3 Å². The molecule has 124 valence electrons. The lowest BCUT2D eigenvalue weighted by molar-refractivity contribution is 0.0108. The van der Waals surface area contributed by atoms with Gasteiger partial charge in [0.05, 0.1) is 23.8 Å². The van der Waals surface area contributed by atoms with Gasteiger partial charge in [-0.3, -0.25) is 0 Å². The number of nitrogens with zero attached hydrogens (tertiary/aromatic N) is 3. The molecule has 0 N–H and O–H groups in total. The van der Waals surface area contributed by atoms with Crippen molar-refractivity contribution >= 4 is 23.5 Å². The van der Waals surface area contributed by atoms with E-state index >= 15 is 0 Å². The standard InChI is InChI=1S/C18H18ClN3O2/c1-11-15(24-17(23)12-6-3-2-4-7-12)10-22(11)18-20-14-9-5-8-13(14)16(19)21-18/h2-4,6-7,11,15H,5,8-10H2,1H3/t11-,15+/m0/s1. The first-order chi connectivity index (χ1) is 11.6. The van der Waals surface area contributed by atoms with E-state index in [1.165, 1.54) is 0 Å². The Morgan fingerprint density at radius 1 is 1.25 bits per heavy atom. The molecule has 0 unspecified atom stereocenters. The number of carbonyl (C=O) groups is 1. The van der Waals surface area contributed by atoms with Gasteiger partial charge in [0.2, 0.25) is 5.95 Å². The molecule has 24 heavy (non-hydrogen) atoms. The molecule has 2 atom stereocenters. The summed E-state index contributed by atoms with van der Waals surface area (Å²) in [5.74, 6) is 0.347. The Hall–Kier alpha value is -2.14. The molecule has 2 aliphatic rings. The van der Waals surface area contributed by atoms with Crippen molar-refractivity contribution < 1.29 is 9.53 Å². The van der Waals surface area contributed by atoms with Gasteiger partial charge in [0.25, 0.3) is 0 Å². The summed E-state index contributed by atoms with van der Waals surface area (Å²) in [6, 6.07) is 9.08. The molecule has 1 aromatic heterocycles. The number of anilines is 1. The van der Waals surface area contributed by atoms with Gasteiger partial charge in [-0.2, -0.15) is 0 Å². The van der Waals surface area contributed by atoms with Crippen molar-refractivity contribution in [1.82, 2.24) is 9.97 Å². The van der Waals surface area contributed by atoms with Crippen LogP contribution in [-0.2, 0) is 17.6 Å². The molecule has 5 nitrogen and oxygen atoms in total. The van der Waals surface area contributed by atoms with Crippen molar-refractivity contribution in [2.24, 2.45) is 0 Å². The number of aromatic nitrogens is 2. The van der Waals surface area contributed by atoms with Crippen molar-refractivity contribution in [3.8, 4) is 0 Å². The van der Waals surface area contributed by atoms with E-state index in [-0.39, 0.29) is 18.1 Å². The van der Waals surface area contributed by atoms with Crippen LogP contribution in [0.1, 0.15) is 35.0 Å². The quantitative estimate of drug-likeness (QED) is 0.633. The van der Waals surface area contributed by atoms with E-state index in [1.54, 1.807) is 12.1 Å². The van der Waals surface area contributed by atoms with Crippen LogP contribution in [0.3, 0.4) is 0 Å². The van der Waals surface area contributed by atoms with Crippen LogP contribution in [0.2, 0.25) is 5.15 Å². The molecule has 0 bridgehead atoms. The fraction of sp³-hybridized carbons (Fsp3) is 0.389. The van der Waals surface area contributed by atoms with E-state index in [2.05, 4.69) is 9.97 Å². The summed E-state index contributed by atoms with van der Waals surface area (Å²) in [7, 11) is 0. The fourth-order valence-corrected chi connectivity index (χ4v) is 3.54. The normalized spacial score (nSPS) is 22.0. The number of aryl methyl sites for hydroxylation is 1. The first kappa shape index (κ1) is 15.4. The average molecular weight is 344 g/mol. The first-order valence-electron chi connectivity index (χ1n) is 8.21. The molecule has 4 rings (SSSR count). The number of ether oxygens (including phenoxy) is 1. The number of hydrogen-bond acceptors (Lipinski definition) is 5. The van der Waals surface area contributed by atoms with Gasteiger partial charge in [0, 0.05) is 5.56 Å². The molecule has 0 spiro atoms. The Morgan fingerprint density at radius 2 is 2.04 bits per heavy atom. The third-order valence-corrected chi connectivity index (χ3v) is 5.11. The SMILES string of the molecule is C[C@H]1[C@H](OC(=O)c2ccccc2)CN1c1nc(Cl)c2c(n1)CCC2. The zero-order valence-electron chi connectivity index (χ0n) is 13.4. The maximum absolute atomic E-state index is 12.2. The molecular weight excluding hydrogens is 326 g/mol. The van der Waals surface area contributed by atoms with Gasteiger partial charge in [-0.25, -0.2) is 14.8 Å². The summed E-state index contributed by atoms with van der Waals surface area (Å²) in [4.78, 5) is 23.3. The molecule has 1 saturated heterocycles. The van der Waals surface area contributed by atoms with Gasteiger partial charge >= 0.3 is 5.97 Å². The smallest absolute Gasteiger partial charge is 0.338 e. The molecule has 0 radical (unpaired) electrons. The van der Waals surface area contributed by atoms with Crippen molar-refractivity contribution in [2.75, 3.05) is 11.4 Å². The average Bonchev–Trinajstić information content (AvgIpc) is 3.07. The predicted octanol–water partition coefficient (Wildman–Crippen LogP) is 3.05. The van der Waals surface area contributed by atoms with Crippen molar-refractivity contribution in [2.45, 2.75) is 38.3 Å². The van der Waals surface area contributed by atoms with E-state index in [0.29, 0.717) is 23.2 Å². The molecule has 0 amide bonds. The topological polar surface area (TPSA) is 55.3 Å². The van der Waals surface area contributed by atoms with Gasteiger partial charge in [-0.15, -0.1) is 0 Å². The summed E-state index contributed by atoms with van der Waals surface area (Å²) in [6.07, 6.45) is 2.84. The third kappa shape index (κ3) is 2.63. The second-order valence-corrected chi connectivity index (χ2v) is 6.65. The first-order valence-corrected chi connectivity index (χ1v) is 8.59. The Kier molecular flexibility index (Phi) is 3.88. The number of carbonyl (C=O) groups excluding carboxylic acids is 1. The van der Waals surface area contributed by atoms with E-state index in [1.807, 2.05) is 30.0 Å². The minimum atomic E-state index is -0.292. The molecule has 6 heteroatoms. The second-order valence-electron chi connectivity index (χ2n) is 6.30.